The maximum atomic E-state index is 13.4. The number of halogens is 4. The van der Waals surface area contributed by atoms with E-state index in [1.165, 1.54) is 24.3 Å². The number of unbranched alkanes of at least 4 members (excludes halogenated alkanes) is 2. The molecule has 0 radical (unpaired) electrons. The number of rotatable bonds is 8. The number of anilines is 4. The van der Waals surface area contributed by atoms with Crippen molar-refractivity contribution in [3.8, 4) is 0 Å². The van der Waals surface area contributed by atoms with Gasteiger partial charge in [-0.1, -0.05) is 31.9 Å². The van der Waals surface area contributed by atoms with E-state index in [2.05, 4.69) is 27.5 Å². The van der Waals surface area contributed by atoms with Crippen molar-refractivity contribution in [2.45, 2.75) is 38.8 Å². The molecule has 0 bridgehead atoms. The second-order valence-corrected chi connectivity index (χ2v) is 6.86. The van der Waals surface area contributed by atoms with Crippen LogP contribution in [0.3, 0.4) is 0 Å². The first-order valence-electron chi connectivity index (χ1n) is 9.68. The molecule has 3 aromatic rings. The molecule has 0 spiro atoms. The number of benzene rings is 2. The molecule has 1 heterocycles. The van der Waals surface area contributed by atoms with Crippen LogP contribution in [-0.4, -0.2) is 9.97 Å². The van der Waals surface area contributed by atoms with Crippen molar-refractivity contribution < 1.29 is 17.6 Å². The minimum Gasteiger partial charge on any atom is -0.340 e. The van der Waals surface area contributed by atoms with Gasteiger partial charge in [0, 0.05) is 17.6 Å². The summed E-state index contributed by atoms with van der Waals surface area (Å²) in [7, 11) is 0. The molecule has 0 saturated carbocycles. The molecule has 2 aromatic carbocycles. The molecule has 0 atom stereocenters. The van der Waals surface area contributed by atoms with E-state index >= 15 is 0 Å². The topological polar surface area (TPSA) is 49.8 Å². The van der Waals surface area contributed by atoms with E-state index in [-0.39, 0.29) is 11.8 Å². The molecular weight excluding hydrogens is 396 g/mol. The molecule has 0 aliphatic heterocycles. The Kier molecular flexibility index (Phi) is 6.87. The number of hydrogen-bond acceptors (Lipinski definition) is 4. The lowest BCUT2D eigenvalue weighted by Crippen LogP contribution is -2.12. The van der Waals surface area contributed by atoms with Crippen molar-refractivity contribution in [1.82, 2.24) is 9.97 Å². The molecule has 4 nitrogen and oxygen atoms in total. The number of aromatic nitrogens is 2. The van der Waals surface area contributed by atoms with E-state index in [1.54, 1.807) is 12.1 Å². The van der Waals surface area contributed by atoms with Crippen LogP contribution in [0.4, 0.5) is 40.7 Å². The third kappa shape index (κ3) is 5.92. The summed E-state index contributed by atoms with van der Waals surface area (Å²) in [5.41, 5.74) is 1.11. The average molecular weight is 418 g/mol. The highest BCUT2D eigenvalue weighted by Crippen LogP contribution is 2.35. The highest BCUT2D eigenvalue weighted by atomic mass is 19.4. The normalized spacial score (nSPS) is 11.4. The summed E-state index contributed by atoms with van der Waals surface area (Å²) in [6, 6.07) is 12.6. The molecule has 0 aliphatic carbocycles. The Bertz CT molecular complexity index is 954. The van der Waals surface area contributed by atoms with Crippen LogP contribution in [0.2, 0.25) is 0 Å². The van der Waals surface area contributed by atoms with Crippen LogP contribution in [0.1, 0.15) is 37.3 Å². The molecule has 0 fully saturated rings. The standard InChI is InChI=1S/C22H22F4N4/c1-2-3-4-5-15-6-10-17(11-7-15)28-20-19(22(24,25)26)14-27-21(30-20)29-18-12-8-16(23)9-13-18/h6-14H,2-5H2,1H3,(H2,27,28,29,30). The van der Waals surface area contributed by atoms with Gasteiger partial charge in [0.15, 0.2) is 0 Å². The van der Waals surface area contributed by atoms with Gasteiger partial charge in [-0.3, -0.25) is 0 Å². The Labute approximate surface area is 172 Å². The number of hydrogen-bond donors (Lipinski definition) is 2. The van der Waals surface area contributed by atoms with E-state index in [9.17, 15) is 17.6 Å². The van der Waals surface area contributed by atoms with Crippen molar-refractivity contribution >= 4 is 23.1 Å². The van der Waals surface area contributed by atoms with Crippen LogP contribution in [-0.2, 0) is 12.6 Å². The molecule has 1 aromatic heterocycles. The second kappa shape index (κ2) is 9.56. The van der Waals surface area contributed by atoms with E-state index < -0.39 is 17.6 Å². The van der Waals surface area contributed by atoms with Crippen LogP contribution >= 0.6 is 0 Å². The number of aryl methyl sites for hydroxylation is 1. The van der Waals surface area contributed by atoms with Crippen molar-refractivity contribution in [2.75, 3.05) is 10.6 Å². The fourth-order valence-corrected chi connectivity index (χ4v) is 2.88. The minimum atomic E-state index is -4.61. The van der Waals surface area contributed by atoms with Gasteiger partial charge in [-0.2, -0.15) is 18.2 Å². The van der Waals surface area contributed by atoms with Gasteiger partial charge in [-0.15, -0.1) is 0 Å². The molecule has 30 heavy (non-hydrogen) atoms. The van der Waals surface area contributed by atoms with E-state index in [1.807, 2.05) is 12.1 Å². The van der Waals surface area contributed by atoms with Crippen molar-refractivity contribution in [3.05, 3.63) is 71.7 Å². The van der Waals surface area contributed by atoms with Crippen molar-refractivity contribution in [2.24, 2.45) is 0 Å². The summed E-state index contributed by atoms with van der Waals surface area (Å²) in [5, 5.41) is 5.52. The number of alkyl halides is 3. The fraction of sp³-hybridized carbons (Fsp3) is 0.273. The lowest BCUT2D eigenvalue weighted by Gasteiger charge is -2.15. The Morgan fingerprint density at radius 2 is 1.50 bits per heavy atom. The highest BCUT2D eigenvalue weighted by Gasteiger charge is 2.35. The maximum absolute atomic E-state index is 13.4. The van der Waals surface area contributed by atoms with Gasteiger partial charge in [0.1, 0.15) is 17.2 Å². The van der Waals surface area contributed by atoms with Gasteiger partial charge in [0.2, 0.25) is 5.95 Å². The van der Waals surface area contributed by atoms with Crippen LogP contribution in [0.15, 0.2) is 54.7 Å². The molecule has 0 amide bonds. The van der Waals surface area contributed by atoms with Crippen LogP contribution in [0, 0.1) is 5.82 Å². The molecule has 0 saturated heterocycles. The largest absolute Gasteiger partial charge is 0.421 e. The molecule has 0 unspecified atom stereocenters. The monoisotopic (exact) mass is 418 g/mol. The molecule has 8 heteroatoms. The van der Waals surface area contributed by atoms with Crippen LogP contribution < -0.4 is 10.6 Å². The maximum Gasteiger partial charge on any atom is 0.421 e. The molecule has 3 rings (SSSR count). The Morgan fingerprint density at radius 3 is 2.13 bits per heavy atom. The average Bonchev–Trinajstić information content (AvgIpc) is 2.70. The van der Waals surface area contributed by atoms with Gasteiger partial charge in [-0.05, 0) is 54.8 Å². The zero-order chi connectivity index (χ0) is 21.6. The lowest BCUT2D eigenvalue weighted by molar-refractivity contribution is -0.137. The smallest absolute Gasteiger partial charge is 0.340 e. The summed E-state index contributed by atoms with van der Waals surface area (Å²) in [5.74, 6) is -0.816. The predicted octanol–water partition coefficient (Wildman–Crippen LogP) is 6.85. The minimum absolute atomic E-state index is 0.0340. The SMILES string of the molecule is CCCCCc1ccc(Nc2nc(Nc3ccc(F)cc3)ncc2C(F)(F)F)cc1. The predicted molar refractivity (Wildman–Crippen MR) is 110 cm³/mol. The Balaban J connectivity index is 1.81. The van der Waals surface area contributed by atoms with Gasteiger partial charge in [0.25, 0.3) is 0 Å². The van der Waals surface area contributed by atoms with Gasteiger partial charge >= 0.3 is 6.18 Å². The van der Waals surface area contributed by atoms with E-state index in [0.29, 0.717) is 11.4 Å². The molecule has 2 N–H and O–H groups in total. The highest BCUT2D eigenvalue weighted by molar-refractivity contribution is 5.63. The molecule has 0 aliphatic rings. The lowest BCUT2D eigenvalue weighted by atomic mass is 10.1. The zero-order valence-electron chi connectivity index (χ0n) is 16.4. The van der Waals surface area contributed by atoms with Crippen LogP contribution in [0.5, 0.6) is 0 Å². The quantitative estimate of drug-likeness (QED) is 0.310. The second-order valence-electron chi connectivity index (χ2n) is 6.86. The Morgan fingerprint density at radius 1 is 0.867 bits per heavy atom. The van der Waals surface area contributed by atoms with Gasteiger partial charge in [-0.25, -0.2) is 9.37 Å². The summed E-state index contributed by atoms with van der Waals surface area (Å²) >= 11 is 0. The first-order chi connectivity index (χ1) is 14.3. The van der Waals surface area contributed by atoms with Gasteiger partial charge < -0.3 is 10.6 Å². The first kappa shape index (κ1) is 21.5. The number of nitrogens with zero attached hydrogens (tertiary/aromatic N) is 2. The number of nitrogens with one attached hydrogen (secondary N) is 2. The summed E-state index contributed by atoms with van der Waals surface area (Å²) < 4.78 is 53.3. The van der Waals surface area contributed by atoms with Gasteiger partial charge in [0.05, 0.1) is 0 Å². The zero-order valence-corrected chi connectivity index (χ0v) is 16.4. The van der Waals surface area contributed by atoms with Crippen molar-refractivity contribution in [3.63, 3.8) is 0 Å². The van der Waals surface area contributed by atoms with Crippen molar-refractivity contribution in [1.29, 1.82) is 0 Å². The molecular formula is C22H22F4N4. The first-order valence-corrected chi connectivity index (χ1v) is 9.68. The fourth-order valence-electron chi connectivity index (χ4n) is 2.88. The summed E-state index contributed by atoms with van der Waals surface area (Å²) in [6.07, 6.45) is 0.381. The van der Waals surface area contributed by atoms with Crippen LogP contribution in [0.25, 0.3) is 0 Å². The summed E-state index contributed by atoms with van der Waals surface area (Å²) in [6.45, 7) is 2.13. The van der Waals surface area contributed by atoms with E-state index in [0.717, 1.165) is 37.4 Å². The third-order valence-electron chi connectivity index (χ3n) is 4.48. The van der Waals surface area contributed by atoms with E-state index in [4.69, 9.17) is 0 Å². The Hall–Kier alpha value is -3.16. The molecule has 158 valence electrons. The third-order valence-corrected chi connectivity index (χ3v) is 4.48. The summed E-state index contributed by atoms with van der Waals surface area (Å²) in [4.78, 5) is 7.73.